The summed E-state index contributed by atoms with van der Waals surface area (Å²) in [6, 6.07) is 1.04. The topological polar surface area (TPSA) is 39.6 Å². The van der Waals surface area contributed by atoms with Gasteiger partial charge in [0.15, 0.2) is 0 Å². The Morgan fingerprint density at radius 2 is 2.00 bits per heavy atom. The van der Waals surface area contributed by atoms with E-state index in [2.05, 4.69) is 22.1 Å². The van der Waals surface area contributed by atoms with Gasteiger partial charge in [-0.25, -0.2) is 4.98 Å². The largest absolute Gasteiger partial charge is 0.395 e. The first-order valence-electron chi connectivity index (χ1n) is 8.32. The number of likely N-dealkylation sites (tertiary alicyclic amines) is 2. The van der Waals surface area contributed by atoms with E-state index in [0.29, 0.717) is 18.7 Å². The molecule has 0 saturated carbocycles. The van der Waals surface area contributed by atoms with E-state index >= 15 is 0 Å². The number of aliphatic hydroxyl groups is 1. The molecule has 1 N–H and O–H groups in total. The van der Waals surface area contributed by atoms with Gasteiger partial charge in [0.1, 0.15) is 0 Å². The average molecular weight is 309 g/mol. The molecule has 2 fully saturated rings. The Labute approximate surface area is 131 Å². The fourth-order valence-corrected chi connectivity index (χ4v) is 4.45. The van der Waals surface area contributed by atoms with Crippen molar-refractivity contribution in [2.45, 2.75) is 57.7 Å². The van der Waals surface area contributed by atoms with Crippen molar-refractivity contribution in [3.05, 3.63) is 16.1 Å². The monoisotopic (exact) mass is 309 g/mol. The van der Waals surface area contributed by atoms with Gasteiger partial charge in [0, 0.05) is 30.6 Å². The highest BCUT2D eigenvalue weighted by Crippen LogP contribution is 2.25. The summed E-state index contributed by atoms with van der Waals surface area (Å²) < 4.78 is 0. The third kappa shape index (κ3) is 3.65. The molecular weight excluding hydrogens is 282 g/mol. The van der Waals surface area contributed by atoms with Gasteiger partial charge in [0.05, 0.1) is 17.3 Å². The van der Waals surface area contributed by atoms with Crippen molar-refractivity contribution in [2.24, 2.45) is 0 Å². The van der Waals surface area contributed by atoms with Crippen LogP contribution < -0.4 is 0 Å². The fraction of sp³-hybridized carbons (Fsp3) is 0.812. The van der Waals surface area contributed by atoms with E-state index < -0.39 is 0 Å². The van der Waals surface area contributed by atoms with Crippen LogP contribution in [0.25, 0.3) is 0 Å². The SMILES string of the molecule is CCc1nc(CN2CCCC2CN2CCCC2CO)cs1. The molecule has 118 valence electrons. The standard InChI is InChI=1S/C16H27N3OS/c1-2-16-17-13(12-21-16)9-18-7-3-5-14(18)10-19-8-4-6-15(19)11-20/h12,14-15,20H,2-11H2,1H3. The van der Waals surface area contributed by atoms with Crippen LogP contribution in [0.3, 0.4) is 0 Å². The highest BCUT2D eigenvalue weighted by Gasteiger charge is 2.31. The molecule has 2 atom stereocenters. The van der Waals surface area contributed by atoms with Crippen LogP contribution in [-0.4, -0.2) is 58.2 Å². The summed E-state index contributed by atoms with van der Waals surface area (Å²) >= 11 is 1.79. The Morgan fingerprint density at radius 1 is 1.24 bits per heavy atom. The number of aliphatic hydroxyl groups excluding tert-OH is 1. The molecule has 2 aliphatic rings. The van der Waals surface area contributed by atoms with Crippen LogP contribution in [0, 0.1) is 0 Å². The van der Waals surface area contributed by atoms with Crippen molar-refractivity contribution in [1.82, 2.24) is 14.8 Å². The molecule has 0 aromatic carbocycles. The molecule has 4 nitrogen and oxygen atoms in total. The Morgan fingerprint density at radius 3 is 2.71 bits per heavy atom. The maximum absolute atomic E-state index is 9.48. The van der Waals surface area contributed by atoms with Gasteiger partial charge in [0.25, 0.3) is 0 Å². The minimum Gasteiger partial charge on any atom is -0.395 e. The van der Waals surface area contributed by atoms with E-state index in [0.717, 1.165) is 32.5 Å². The lowest BCUT2D eigenvalue weighted by Gasteiger charge is -2.31. The van der Waals surface area contributed by atoms with Crippen molar-refractivity contribution >= 4 is 11.3 Å². The molecule has 1 aromatic heterocycles. The summed E-state index contributed by atoms with van der Waals surface area (Å²) in [7, 11) is 0. The van der Waals surface area contributed by atoms with E-state index in [1.807, 2.05) is 0 Å². The Kier molecular flexibility index (Phi) is 5.27. The molecule has 1 aromatic rings. The predicted molar refractivity (Wildman–Crippen MR) is 86.6 cm³/mol. The van der Waals surface area contributed by atoms with Gasteiger partial charge in [0.2, 0.25) is 0 Å². The number of nitrogens with zero attached hydrogens (tertiary/aromatic N) is 3. The summed E-state index contributed by atoms with van der Waals surface area (Å²) in [6.07, 6.45) is 6.03. The van der Waals surface area contributed by atoms with Crippen LogP contribution in [0.1, 0.15) is 43.3 Å². The van der Waals surface area contributed by atoms with E-state index in [1.54, 1.807) is 11.3 Å². The second-order valence-electron chi connectivity index (χ2n) is 6.33. The van der Waals surface area contributed by atoms with Crippen molar-refractivity contribution < 1.29 is 5.11 Å². The van der Waals surface area contributed by atoms with Gasteiger partial charge in [-0.1, -0.05) is 6.92 Å². The lowest BCUT2D eigenvalue weighted by atomic mass is 10.2. The van der Waals surface area contributed by atoms with Gasteiger partial charge in [-0.2, -0.15) is 0 Å². The van der Waals surface area contributed by atoms with E-state index in [1.165, 1.54) is 36.5 Å². The number of aromatic nitrogens is 1. The highest BCUT2D eigenvalue weighted by atomic mass is 32.1. The number of thiazole rings is 1. The van der Waals surface area contributed by atoms with Gasteiger partial charge in [-0.05, 0) is 45.2 Å². The first-order chi connectivity index (χ1) is 10.3. The molecule has 5 heteroatoms. The van der Waals surface area contributed by atoms with Crippen molar-refractivity contribution in [3.63, 3.8) is 0 Å². The zero-order valence-electron chi connectivity index (χ0n) is 13.0. The lowest BCUT2D eigenvalue weighted by molar-refractivity contribution is 0.119. The van der Waals surface area contributed by atoms with Crippen molar-refractivity contribution in [2.75, 3.05) is 26.2 Å². The molecule has 0 radical (unpaired) electrons. The summed E-state index contributed by atoms with van der Waals surface area (Å²) in [5.41, 5.74) is 1.24. The van der Waals surface area contributed by atoms with Crippen LogP contribution in [0.5, 0.6) is 0 Å². The molecule has 2 aliphatic heterocycles. The maximum atomic E-state index is 9.48. The molecule has 2 saturated heterocycles. The Balaban J connectivity index is 1.57. The van der Waals surface area contributed by atoms with Gasteiger partial charge < -0.3 is 5.11 Å². The number of hydrogen-bond acceptors (Lipinski definition) is 5. The summed E-state index contributed by atoms with van der Waals surface area (Å²) in [5, 5.41) is 13.0. The predicted octanol–water partition coefficient (Wildman–Crippen LogP) is 2.13. The molecule has 0 amide bonds. The Bertz CT molecular complexity index is 450. The van der Waals surface area contributed by atoms with Crippen LogP contribution >= 0.6 is 11.3 Å². The summed E-state index contributed by atoms with van der Waals surface area (Å²) in [5.74, 6) is 0. The molecule has 2 unspecified atom stereocenters. The van der Waals surface area contributed by atoms with Gasteiger partial charge in [-0.15, -0.1) is 11.3 Å². The normalized spacial score (nSPS) is 27.7. The molecule has 0 bridgehead atoms. The minimum atomic E-state index is 0.318. The van der Waals surface area contributed by atoms with Crippen LogP contribution in [0.4, 0.5) is 0 Å². The zero-order chi connectivity index (χ0) is 14.7. The zero-order valence-corrected chi connectivity index (χ0v) is 13.8. The molecular formula is C16H27N3OS. The third-order valence-corrected chi connectivity index (χ3v) is 5.96. The van der Waals surface area contributed by atoms with E-state index in [9.17, 15) is 5.11 Å². The second kappa shape index (κ2) is 7.18. The number of hydrogen-bond donors (Lipinski definition) is 1. The molecule has 0 aliphatic carbocycles. The van der Waals surface area contributed by atoms with Gasteiger partial charge in [-0.3, -0.25) is 9.80 Å². The molecule has 3 rings (SSSR count). The number of aryl methyl sites for hydroxylation is 1. The Hall–Kier alpha value is -0.490. The van der Waals surface area contributed by atoms with Crippen LogP contribution in [0.15, 0.2) is 5.38 Å². The maximum Gasteiger partial charge on any atom is 0.0926 e. The molecule has 0 spiro atoms. The van der Waals surface area contributed by atoms with Crippen molar-refractivity contribution in [3.8, 4) is 0 Å². The second-order valence-corrected chi connectivity index (χ2v) is 7.27. The quantitative estimate of drug-likeness (QED) is 0.874. The van der Waals surface area contributed by atoms with Gasteiger partial charge >= 0.3 is 0 Å². The first-order valence-corrected chi connectivity index (χ1v) is 9.20. The van der Waals surface area contributed by atoms with Crippen molar-refractivity contribution in [1.29, 1.82) is 0 Å². The number of rotatable bonds is 6. The molecule has 3 heterocycles. The average Bonchev–Trinajstić information content (AvgIpc) is 3.22. The van der Waals surface area contributed by atoms with Crippen LogP contribution in [-0.2, 0) is 13.0 Å². The summed E-state index contributed by atoms with van der Waals surface area (Å²) in [4.78, 5) is 9.81. The third-order valence-electron chi connectivity index (χ3n) is 4.92. The highest BCUT2D eigenvalue weighted by molar-refractivity contribution is 7.09. The first kappa shape index (κ1) is 15.4. The fourth-order valence-electron chi connectivity index (χ4n) is 3.72. The van der Waals surface area contributed by atoms with E-state index in [4.69, 9.17) is 4.98 Å². The van der Waals surface area contributed by atoms with E-state index in [-0.39, 0.29) is 0 Å². The lowest BCUT2D eigenvalue weighted by Crippen LogP contribution is -2.43. The minimum absolute atomic E-state index is 0.318. The summed E-state index contributed by atoms with van der Waals surface area (Å²) in [6.45, 7) is 6.96. The van der Waals surface area contributed by atoms with Crippen LogP contribution in [0.2, 0.25) is 0 Å². The molecule has 21 heavy (non-hydrogen) atoms. The smallest absolute Gasteiger partial charge is 0.0926 e.